The number of aldehydes is 1. The molecule has 0 aliphatic rings. The van der Waals surface area contributed by atoms with Gasteiger partial charge < -0.3 is 9.32 Å². The molecule has 134 valence electrons. The van der Waals surface area contributed by atoms with Crippen LogP contribution in [-0.2, 0) is 0 Å². The molecule has 0 spiro atoms. The van der Waals surface area contributed by atoms with Crippen molar-refractivity contribution in [1.29, 1.82) is 0 Å². The molecule has 1 aromatic heterocycles. The third-order valence-electron chi connectivity index (χ3n) is 4.90. The largest absolute Gasteiger partial charge is 0.456 e. The first kappa shape index (κ1) is 16.3. The molecule has 0 aliphatic carbocycles. The van der Waals surface area contributed by atoms with Gasteiger partial charge in [0.1, 0.15) is 17.5 Å². The van der Waals surface area contributed by atoms with Crippen LogP contribution < -0.4 is 4.90 Å². The van der Waals surface area contributed by atoms with E-state index in [2.05, 4.69) is 47.4 Å². The number of fused-ring (bicyclic) bond motifs is 3. The topological polar surface area (TPSA) is 33.5 Å². The number of para-hydroxylation sites is 2. The average molecular weight is 363 g/mol. The molecule has 1 heterocycles. The Hall–Kier alpha value is -3.85. The summed E-state index contributed by atoms with van der Waals surface area (Å²) in [6.07, 6.45) is 0.838. The lowest BCUT2D eigenvalue weighted by atomic mass is 10.1. The molecule has 5 rings (SSSR count). The molecule has 0 saturated heterocycles. The fourth-order valence-corrected chi connectivity index (χ4v) is 3.60. The van der Waals surface area contributed by atoms with Crippen LogP contribution in [-0.4, -0.2) is 6.29 Å². The minimum absolute atomic E-state index is 0.613. The Morgan fingerprint density at radius 3 is 1.79 bits per heavy atom. The predicted molar refractivity (Wildman–Crippen MR) is 114 cm³/mol. The maximum atomic E-state index is 11.1. The van der Waals surface area contributed by atoms with E-state index in [1.807, 2.05) is 48.5 Å². The van der Waals surface area contributed by atoms with Crippen molar-refractivity contribution in [1.82, 2.24) is 0 Å². The highest BCUT2D eigenvalue weighted by Crippen LogP contribution is 2.38. The van der Waals surface area contributed by atoms with Gasteiger partial charge in [0.25, 0.3) is 0 Å². The SMILES string of the molecule is O=Cc1ccc2c(c1)oc1cc(N(c3ccccc3)c3ccccc3)ccc12. The van der Waals surface area contributed by atoms with Gasteiger partial charge in [-0.1, -0.05) is 42.5 Å². The summed E-state index contributed by atoms with van der Waals surface area (Å²) in [6.45, 7) is 0. The van der Waals surface area contributed by atoms with E-state index in [0.29, 0.717) is 5.56 Å². The average Bonchev–Trinajstić information content (AvgIpc) is 3.12. The lowest BCUT2D eigenvalue weighted by molar-refractivity contribution is 0.112. The number of benzene rings is 4. The minimum Gasteiger partial charge on any atom is -0.456 e. The number of anilines is 3. The molecule has 0 atom stereocenters. The van der Waals surface area contributed by atoms with E-state index in [9.17, 15) is 4.79 Å². The van der Waals surface area contributed by atoms with Crippen LogP contribution in [0.4, 0.5) is 17.1 Å². The summed E-state index contributed by atoms with van der Waals surface area (Å²) in [7, 11) is 0. The third-order valence-corrected chi connectivity index (χ3v) is 4.90. The molecule has 0 saturated carbocycles. The molecule has 5 aromatic rings. The summed E-state index contributed by atoms with van der Waals surface area (Å²) in [5.41, 5.74) is 5.30. The predicted octanol–water partition coefficient (Wildman–Crippen LogP) is 6.87. The summed E-state index contributed by atoms with van der Waals surface area (Å²) in [4.78, 5) is 13.3. The van der Waals surface area contributed by atoms with Crippen LogP contribution in [0.1, 0.15) is 10.4 Å². The minimum atomic E-state index is 0.613. The van der Waals surface area contributed by atoms with Gasteiger partial charge in [0, 0.05) is 39.5 Å². The van der Waals surface area contributed by atoms with Crippen LogP contribution in [0.25, 0.3) is 21.9 Å². The fourth-order valence-electron chi connectivity index (χ4n) is 3.60. The van der Waals surface area contributed by atoms with Gasteiger partial charge in [-0.3, -0.25) is 4.79 Å². The Morgan fingerprint density at radius 1 is 0.607 bits per heavy atom. The van der Waals surface area contributed by atoms with Crippen LogP contribution >= 0.6 is 0 Å². The van der Waals surface area contributed by atoms with Crippen molar-refractivity contribution < 1.29 is 9.21 Å². The fraction of sp³-hybridized carbons (Fsp3) is 0. The normalized spacial score (nSPS) is 11.0. The van der Waals surface area contributed by atoms with Crippen molar-refractivity contribution in [3.05, 3.63) is 103 Å². The molecule has 0 fully saturated rings. The van der Waals surface area contributed by atoms with Crippen LogP contribution in [0, 0.1) is 0 Å². The number of hydrogen-bond donors (Lipinski definition) is 0. The van der Waals surface area contributed by atoms with Crippen molar-refractivity contribution in [2.24, 2.45) is 0 Å². The number of carbonyl (C=O) groups excluding carboxylic acids is 1. The van der Waals surface area contributed by atoms with E-state index in [1.165, 1.54) is 0 Å². The van der Waals surface area contributed by atoms with Gasteiger partial charge in [0.2, 0.25) is 0 Å². The first-order valence-corrected chi connectivity index (χ1v) is 9.15. The molecular weight excluding hydrogens is 346 g/mol. The molecule has 0 unspecified atom stereocenters. The van der Waals surface area contributed by atoms with Gasteiger partial charge >= 0.3 is 0 Å². The Balaban J connectivity index is 1.70. The second kappa shape index (κ2) is 6.71. The van der Waals surface area contributed by atoms with E-state index in [0.717, 1.165) is 45.3 Å². The highest BCUT2D eigenvalue weighted by Gasteiger charge is 2.15. The smallest absolute Gasteiger partial charge is 0.150 e. The monoisotopic (exact) mass is 363 g/mol. The number of nitrogens with zero attached hydrogens (tertiary/aromatic N) is 1. The Bertz CT molecular complexity index is 1230. The maximum Gasteiger partial charge on any atom is 0.150 e. The van der Waals surface area contributed by atoms with Gasteiger partial charge in [0.15, 0.2) is 0 Å². The van der Waals surface area contributed by atoms with E-state index in [-0.39, 0.29) is 0 Å². The third kappa shape index (κ3) is 2.74. The Labute approximate surface area is 162 Å². The van der Waals surface area contributed by atoms with Gasteiger partial charge in [0.05, 0.1) is 0 Å². The van der Waals surface area contributed by atoms with Crippen LogP contribution in [0.3, 0.4) is 0 Å². The number of carbonyl (C=O) groups is 1. The number of furan rings is 1. The zero-order chi connectivity index (χ0) is 18.9. The number of hydrogen-bond acceptors (Lipinski definition) is 3. The molecule has 3 nitrogen and oxygen atoms in total. The summed E-state index contributed by atoms with van der Waals surface area (Å²) in [5, 5.41) is 2.05. The molecule has 0 N–H and O–H groups in total. The Kier molecular flexibility index (Phi) is 3.91. The number of rotatable bonds is 4. The van der Waals surface area contributed by atoms with E-state index < -0.39 is 0 Å². The summed E-state index contributed by atoms with van der Waals surface area (Å²) < 4.78 is 6.07. The van der Waals surface area contributed by atoms with Gasteiger partial charge in [-0.25, -0.2) is 0 Å². The van der Waals surface area contributed by atoms with E-state index in [4.69, 9.17) is 4.42 Å². The molecule has 28 heavy (non-hydrogen) atoms. The quantitative estimate of drug-likeness (QED) is 0.327. The van der Waals surface area contributed by atoms with Crippen LogP contribution in [0.2, 0.25) is 0 Å². The summed E-state index contributed by atoms with van der Waals surface area (Å²) >= 11 is 0. The van der Waals surface area contributed by atoms with Crippen LogP contribution in [0.15, 0.2) is 101 Å². The zero-order valence-corrected chi connectivity index (χ0v) is 15.1. The molecule has 0 bridgehead atoms. The van der Waals surface area contributed by atoms with E-state index in [1.54, 1.807) is 6.07 Å². The van der Waals surface area contributed by atoms with Crippen molar-refractivity contribution in [2.75, 3.05) is 4.90 Å². The molecule has 3 heteroatoms. The zero-order valence-electron chi connectivity index (χ0n) is 15.1. The second-order valence-corrected chi connectivity index (χ2v) is 6.66. The molecule has 0 aliphatic heterocycles. The highest BCUT2D eigenvalue weighted by atomic mass is 16.3. The first-order chi connectivity index (χ1) is 13.8. The second-order valence-electron chi connectivity index (χ2n) is 6.66. The molecule has 4 aromatic carbocycles. The Morgan fingerprint density at radius 2 is 1.18 bits per heavy atom. The summed E-state index contributed by atoms with van der Waals surface area (Å²) in [6, 6.07) is 32.3. The lowest BCUT2D eigenvalue weighted by Gasteiger charge is -2.25. The van der Waals surface area contributed by atoms with Crippen molar-refractivity contribution in [3.63, 3.8) is 0 Å². The maximum absolute atomic E-state index is 11.1. The lowest BCUT2D eigenvalue weighted by Crippen LogP contribution is -2.09. The van der Waals surface area contributed by atoms with Gasteiger partial charge in [-0.15, -0.1) is 0 Å². The highest BCUT2D eigenvalue weighted by molar-refractivity contribution is 6.07. The standard InChI is InChI=1S/C25H17NO2/c27-17-18-11-13-22-23-14-12-21(16-25(23)28-24(22)15-18)26(19-7-3-1-4-8-19)20-9-5-2-6-10-20/h1-17H. The summed E-state index contributed by atoms with van der Waals surface area (Å²) in [5.74, 6) is 0. The van der Waals surface area contributed by atoms with E-state index >= 15 is 0 Å². The molecule has 0 amide bonds. The van der Waals surface area contributed by atoms with Crippen molar-refractivity contribution >= 4 is 45.3 Å². The first-order valence-electron chi connectivity index (χ1n) is 9.15. The molecular formula is C25H17NO2. The van der Waals surface area contributed by atoms with Crippen molar-refractivity contribution in [3.8, 4) is 0 Å². The van der Waals surface area contributed by atoms with Crippen LogP contribution in [0.5, 0.6) is 0 Å². The van der Waals surface area contributed by atoms with Crippen molar-refractivity contribution in [2.45, 2.75) is 0 Å². The molecule has 0 radical (unpaired) electrons. The van der Waals surface area contributed by atoms with Gasteiger partial charge in [-0.2, -0.15) is 0 Å². The van der Waals surface area contributed by atoms with Gasteiger partial charge in [-0.05, 0) is 48.5 Å².